The van der Waals surface area contributed by atoms with Crippen LogP contribution in [-0.4, -0.2) is 11.6 Å². The molecular formula is C14H6O2S4. The van der Waals surface area contributed by atoms with Gasteiger partial charge in [-0.25, -0.2) is 0 Å². The van der Waals surface area contributed by atoms with Gasteiger partial charge in [-0.3, -0.25) is 9.59 Å². The van der Waals surface area contributed by atoms with E-state index in [-0.39, 0.29) is 11.6 Å². The fourth-order valence-corrected chi connectivity index (χ4v) is 7.26. The van der Waals surface area contributed by atoms with Crippen molar-refractivity contribution in [2.45, 2.75) is 9.79 Å². The number of hydrogen-bond donors (Lipinski definition) is 0. The third kappa shape index (κ3) is 2.02. The van der Waals surface area contributed by atoms with Crippen LogP contribution in [0.3, 0.4) is 0 Å². The lowest BCUT2D eigenvalue weighted by Crippen LogP contribution is -2.07. The Balaban J connectivity index is 1.67. The highest BCUT2D eigenvalue weighted by Crippen LogP contribution is 2.61. The number of rotatable bonds is 0. The summed E-state index contributed by atoms with van der Waals surface area (Å²) in [6, 6.07) is 8.23. The molecule has 0 unspecified atom stereocenters. The molecule has 98 valence electrons. The number of ketones is 2. The summed E-state index contributed by atoms with van der Waals surface area (Å²) in [7, 11) is 0. The maximum atomic E-state index is 11.8. The fourth-order valence-electron chi connectivity index (χ4n) is 1.93. The van der Waals surface area contributed by atoms with Gasteiger partial charge >= 0.3 is 0 Å². The van der Waals surface area contributed by atoms with E-state index in [1.807, 2.05) is 12.1 Å². The average Bonchev–Trinajstić information content (AvgIpc) is 3.06. The van der Waals surface area contributed by atoms with Crippen LogP contribution in [0.15, 0.2) is 64.5 Å². The molecule has 1 aliphatic carbocycles. The molecule has 0 bridgehead atoms. The van der Waals surface area contributed by atoms with Crippen LogP contribution in [0.25, 0.3) is 0 Å². The van der Waals surface area contributed by atoms with Gasteiger partial charge in [-0.1, -0.05) is 59.2 Å². The van der Waals surface area contributed by atoms with E-state index < -0.39 is 0 Å². The van der Waals surface area contributed by atoms with E-state index >= 15 is 0 Å². The largest absolute Gasteiger partial charge is 0.289 e. The Morgan fingerprint density at radius 2 is 1.10 bits per heavy atom. The van der Waals surface area contributed by atoms with Gasteiger partial charge in [0.1, 0.15) is 0 Å². The maximum Gasteiger partial charge on any atom is 0.193 e. The van der Waals surface area contributed by atoms with E-state index in [0.29, 0.717) is 9.81 Å². The second-order valence-corrected chi connectivity index (χ2v) is 8.81. The molecule has 4 rings (SSSR count). The lowest BCUT2D eigenvalue weighted by Gasteiger charge is -2.01. The number of carbonyl (C=O) groups is 2. The summed E-state index contributed by atoms with van der Waals surface area (Å²) in [6.07, 6.45) is 2.73. The van der Waals surface area contributed by atoms with Crippen molar-refractivity contribution in [2.24, 2.45) is 0 Å². The van der Waals surface area contributed by atoms with E-state index in [1.54, 1.807) is 23.5 Å². The molecule has 0 saturated carbocycles. The first-order chi connectivity index (χ1) is 9.72. The zero-order valence-corrected chi connectivity index (χ0v) is 13.2. The molecule has 0 saturated heterocycles. The van der Waals surface area contributed by atoms with Crippen molar-refractivity contribution in [3.8, 4) is 0 Å². The summed E-state index contributed by atoms with van der Waals surface area (Å²) in [5.74, 6) is -0.114. The molecule has 20 heavy (non-hydrogen) atoms. The molecule has 6 heteroatoms. The van der Waals surface area contributed by atoms with Crippen LogP contribution >= 0.6 is 47.0 Å². The molecule has 0 radical (unpaired) electrons. The van der Waals surface area contributed by atoms with Gasteiger partial charge < -0.3 is 0 Å². The fraction of sp³-hybridized carbons (Fsp3) is 0. The summed E-state index contributed by atoms with van der Waals surface area (Å²) in [5.41, 5.74) is 0. The number of fused-ring (bicyclic) bond motifs is 1. The lowest BCUT2D eigenvalue weighted by atomic mass is 10.2. The van der Waals surface area contributed by atoms with Crippen molar-refractivity contribution in [3.05, 3.63) is 54.7 Å². The van der Waals surface area contributed by atoms with Crippen LogP contribution in [0, 0.1) is 0 Å². The summed E-state index contributed by atoms with van der Waals surface area (Å²) in [4.78, 5) is 27.3. The second kappa shape index (κ2) is 4.87. The molecule has 2 aliphatic heterocycles. The smallest absolute Gasteiger partial charge is 0.193 e. The monoisotopic (exact) mass is 334 g/mol. The molecule has 0 fully saturated rings. The molecule has 0 N–H and O–H groups in total. The third-order valence-corrected chi connectivity index (χ3v) is 8.55. The Bertz CT molecular complexity index is 699. The summed E-state index contributed by atoms with van der Waals surface area (Å²) in [6.45, 7) is 0. The molecule has 2 nitrogen and oxygen atoms in total. The van der Waals surface area contributed by atoms with Crippen LogP contribution in [0.2, 0.25) is 0 Å². The lowest BCUT2D eigenvalue weighted by molar-refractivity contribution is -0.114. The quantitative estimate of drug-likeness (QED) is 0.654. The minimum Gasteiger partial charge on any atom is -0.289 e. The number of thioether (sulfide) groups is 4. The summed E-state index contributed by atoms with van der Waals surface area (Å²) >= 11 is 6.29. The number of benzene rings is 1. The number of allylic oxidation sites excluding steroid dienone is 4. The van der Waals surface area contributed by atoms with Gasteiger partial charge in [0.15, 0.2) is 11.6 Å². The Hall–Kier alpha value is -0.820. The highest BCUT2D eigenvalue weighted by atomic mass is 32.2. The van der Waals surface area contributed by atoms with E-state index in [0.717, 1.165) is 8.47 Å². The van der Waals surface area contributed by atoms with Crippen molar-refractivity contribution in [3.63, 3.8) is 0 Å². The van der Waals surface area contributed by atoms with Crippen LogP contribution in [0.4, 0.5) is 0 Å². The van der Waals surface area contributed by atoms with Crippen LogP contribution in [0.1, 0.15) is 0 Å². The van der Waals surface area contributed by atoms with Crippen molar-refractivity contribution in [2.75, 3.05) is 0 Å². The van der Waals surface area contributed by atoms with Gasteiger partial charge in [0.2, 0.25) is 0 Å². The predicted octanol–water partition coefficient (Wildman–Crippen LogP) is 4.41. The van der Waals surface area contributed by atoms with E-state index in [9.17, 15) is 9.59 Å². The van der Waals surface area contributed by atoms with Crippen LogP contribution in [0.5, 0.6) is 0 Å². The van der Waals surface area contributed by atoms with E-state index in [1.165, 1.54) is 45.5 Å². The SMILES string of the molecule is O=C1C=CC(=O)C2=C1SC(=C1Sc3ccccc3S1)S2. The minimum atomic E-state index is -0.0572. The molecular weight excluding hydrogens is 328 g/mol. The maximum absolute atomic E-state index is 11.8. The third-order valence-electron chi connectivity index (χ3n) is 2.85. The molecule has 0 amide bonds. The molecule has 3 aliphatic rings. The molecule has 0 spiro atoms. The Morgan fingerprint density at radius 1 is 0.650 bits per heavy atom. The summed E-state index contributed by atoms with van der Waals surface area (Å²) < 4.78 is 2.21. The zero-order chi connectivity index (χ0) is 13.7. The van der Waals surface area contributed by atoms with Gasteiger partial charge in [-0.15, -0.1) is 0 Å². The van der Waals surface area contributed by atoms with Gasteiger partial charge in [0.25, 0.3) is 0 Å². The normalized spacial score (nSPS) is 20.8. The van der Waals surface area contributed by atoms with Crippen molar-refractivity contribution >= 4 is 58.6 Å². The van der Waals surface area contributed by atoms with Gasteiger partial charge in [0.05, 0.1) is 18.3 Å². The van der Waals surface area contributed by atoms with Crippen molar-refractivity contribution in [1.29, 1.82) is 0 Å². The van der Waals surface area contributed by atoms with Gasteiger partial charge in [-0.2, -0.15) is 0 Å². The molecule has 2 heterocycles. The van der Waals surface area contributed by atoms with E-state index in [4.69, 9.17) is 0 Å². The minimum absolute atomic E-state index is 0.0572. The second-order valence-electron chi connectivity index (χ2n) is 4.15. The average molecular weight is 334 g/mol. The van der Waals surface area contributed by atoms with E-state index in [2.05, 4.69) is 12.1 Å². The molecule has 1 aromatic carbocycles. The number of hydrogen-bond acceptors (Lipinski definition) is 6. The Labute approximate surface area is 132 Å². The Kier molecular flexibility index (Phi) is 3.14. The highest BCUT2D eigenvalue weighted by molar-refractivity contribution is 8.33. The standard InChI is InChI=1S/C14H6O2S4/c15-7-5-6-8(16)12-11(7)19-14(20-12)13-17-9-3-1-2-4-10(9)18-13/h1-6H. The van der Waals surface area contributed by atoms with Gasteiger partial charge in [-0.05, 0) is 24.3 Å². The Morgan fingerprint density at radius 3 is 1.60 bits per heavy atom. The number of carbonyl (C=O) groups excluding carboxylic acids is 2. The first kappa shape index (κ1) is 12.9. The molecule has 1 aromatic rings. The molecule has 0 atom stereocenters. The van der Waals surface area contributed by atoms with Crippen LogP contribution < -0.4 is 0 Å². The van der Waals surface area contributed by atoms with Gasteiger partial charge in [0, 0.05) is 9.79 Å². The molecule has 0 aromatic heterocycles. The van der Waals surface area contributed by atoms with Crippen molar-refractivity contribution in [1.82, 2.24) is 0 Å². The topological polar surface area (TPSA) is 34.1 Å². The summed E-state index contributed by atoms with van der Waals surface area (Å²) in [5, 5.41) is 0. The first-order valence-electron chi connectivity index (χ1n) is 5.78. The predicted molar refractivity (Wildman–Crippen MR) is 86.5 cm³/mol. The first-order valence-corrected chi connectivity index (χ1v) is 9.05. The highest BCUT2D eigenvalue weighted by Gasteiger charge is 2.34. The zero-order valence-electron chi connectivity index (χ0n) is 9.91. The van der Waals surface area contributed by atoms with Crippen LogP contribution in [-0.2, 0) is 9.59 Å². The van der Waals surface area contributed by atoms with Crippen molar-refractivity contribution < 1.29 is 9.59 Å².